The van der Waals surface area contributed by atoms with Crippen LogP contribution in [0.3, 0.4) is 0 Å². The van der Waals surface area contributed by atoms with Gasteiger partial charge in [-0.25, -0.2) is 5.01 Å². The van der Waals surface area contributed by atoms with Crippen molar-refractivity contribution in [2.24, 2.45) is 5.10 Å². The number of hydrogen-bond acceptors (Lipinski definition) is 4. The maximum atomic E-state index is 10.4. The molecule has 5 rings (SSSR count). The summed E-state index contributed by atoms with van der Waals surface area (Å²) >= 11 is 6.03. The van der Waals surface area contributed by atoms with Gasteiger partial charge in [-0.1, -0.05) is 54.1 Å². The Labute approximate surface area is 162 Å². The number of phenols is 1. The first-order valence-corrected chi connectivity index (χ1v) is 9.24. The third-order valence-electron chi connectivity index (χ3n) is 5.08. The Morgan fingerprint density at radius 1 is 0.926 bits per heavy atom. The number of benzene rings is 3. The lowest BCUT2D eigenvalue weighted by molar-refractivity contribution is -0.0203. The van der Waals surface area contributed by atoms with Crippen molar-refractivity contribution in [1.82, 2.24) is 5.01 Å². The first-order valence-electron chi connectivity index (χ1n) is 8.86. The van der Waals surface area contributed by atoms with Gasteiger partial charge in [-0.3, -0.25) is 0 Å². The highest BCUT2D eigenvalue weighted by Gasteiger charge is 2.41. The van der Waals surface area contributed by atoms with Gasteiger partial charge >= 0.3 is 0 Å². The van der Waals surface area contributed by atoms with E-state index in [0.29, 0.717) is 10.6 Å². The maximum Gasteiger partial charge on any atom is 0.217 e. The Morgan fingerprint density at radius 3 is 2.41 bits per heavy atom. The Balaban J connectivity index is 1.61. The van der Waals surface area contributed by atoms with Gasteiger partial charge in [-0.2, -0.15) is 5.10 Å². The second-order valence-electron chi connectivity index (χ2n) is 6.72. The van der Waals surface area contributed by atoms with Crippen molar-refractivity contribution in [3.05, 3.63) is 94.5 Å². The molecule has 3 aromatic rings. The van der Waals surface area contributed by atoms with Crippen LogP contribution in [-0.2, 0) is 0 Å². The summed E-state index contributed by atoms with van der Waals surface area (Å²) in [5, 5.41) is 17.9. The van der Waals surface area contributed by atoms with Gasteiger partial charge in [0.1, 0.15) is 11.5 Å². The highest BCUT2D eigenvalue weighted by molar-refractivity contribution is 6.30. The molecule has 0 aromatic heterocycles. The Bertz CT molecular complexity index is 1030. The second-order valence-corrected chi connectivity index (χ2v) is 7.16. The van der Waals surface area contributed by atoms with Crippen LogP contribution < -0.4 is 4.74 Å². The topological polar surface area (TPSA) is 45.1 Å². The molecule has 2 heterocycles. The molecule has 3 aromatic carbocycles. The SMILES string of the molecule is Oc1ccccc1[C@@H]1Oc2ccccc2[C@@H]2CC(c3ccc(Cl)cc3)=NN21. The van der Waals surface area contributed by atoms with Crippen LogP contribution in [-0.4, -0.2) is 15.8 Å². The van der Waals surface area contributed by atoms with Gasteiger partial charge in [-0.05, 0) is 35.9 Å². The zero-order chi connectivity index (χ0) is 18.4. The summed E-state index contributed by atoms with van der Waals surface area (Å²) in [5.74, 6) is 1.04. The molecular weight excluding hydrogens is 360 g/mol. The number of hydrazone groups is 1. The number of para-hydroxylation sites is 2. The minimum absolute atomic E-state index is 0.0604. The average molecular weight is 377 g/mol. The van der Waals surface area contributed by atoms with E-state index in [4.69, 9.17) is 21.4 Å². The Kier molecular flexibility index (Phi) is 3.80. The molecular formula is C22H17ClN2O2. The van der Waals surface area contributed by atoms with E-state index in [1.807, 2.05) is 59.6 Å². The smallest absolute Gasteiger partial charge is 0.217 e. The van der Waals surface area contributed by atoms with Gasteiger partial charge in [0.15, 0.2) is 0 Å². The van der Waals surface area contributed by atoms with Crippen LogP contribution in [0.25, 0.3) is 0 Å². The molecule has 2 aliphatic rings. The molecule has 0 fully saturated rings. The molecule has 0 spiro atoms. The van der Waals surface area contributed by atoms with Gasteiger partial charge in [0.05, 0.1) is 17.3 Å². The van der Waals surface area contributed by atoms with Crippen LogP contribution in [0.1, 0.15) is 35.4 Å². The summed E-state index contributed by atoms with van der Waals surface area (Å²) in [5.41, 5.74) is 3.84. The highest BCUT2D eigenvalue weighted by atomic mass is 35.5. The summed E-state index contributed by atoms with van der Waals surface area (Å²) < 4.78 is 6.25. The molecule has 0 unspecified atom stereocenters. The number of nitrogens with zero attached hydrogens (tertiary/aromatic N) is 2. The van der Waals surface area contributed by atoms with E-state index in [-0.39, 0.29) is 11.8 Å². The molecule has 0 bridgehead atoms. The lowest BCUT2D eigenvalue weighted by Crippen LogP contribution is -2.33. The summed E-state index contributed by atoms with van der Waals surface area (Å²) in [7, 11) is 0. The molecule has 0 amide bonds. The van der Waals surface area contributed by atoms with Crippen molar-refractivity contribution in [3.63, 3.8) is 0 Å². The molecule has 2 atom stereocenters. The van der Waals surface area contributed by atoms with E-state index < -0.39 is 6.23 Å². The van der Waals surface area contributed by atoms with Crippen molar-refractivity contribution in [3.8, 4) is 11.5 Å². The van der Waals surface area contributed by atoms with Crippen LogP contribution in [0.4, 0.5) is 0 Å². The summed E-state index contributed by atoms with van der Waals surface area (Å²) in [6, 6.07) is 23.1. The zero-order valence-corrected chi connectivity index (χ0v) is 15.2. The lowest BCUT2D eigenvalue weighted by atomic mass is 9.96. The number of hydrogen-bond donors (Lipinski definition) is 1. The van der Waals surface area contributed by atoms with E-state index in [9.17, 15) is 5.11 Å². The Morgan fingerprint density at radius 2 is 1.63 bits per heavy atom. The zero-order valence-electron chi connectivity index (χ0n) is 14.4. The number of rotatable bonds is 2. The monoisotopic (exact) mass is 376 g/mol. The van der Waals surface area contributed by atoms with Crippen molar-refractivity contribution in [1.29, 1.82) is 0 Å². The molecule has 27 heavy (non-hydrogen) atoms. The largest absolute Gasteiger partial charge is 0.507 e. The molecule has 134 valence electrons. The average Bonchev–Trinajstić information content (AvgIpc) is 3.14. The fourth-order valence-corrected chi connectivity index (χ4v) is 3.88. The second kappa shape index (κ2) is 6.32. The molecule has 1 N–H and O–H groups in total. The fourth-order valence-electron chi connectivity index (χ4n) is 3.75. The van der Waals surface area contributed by atoms with Gasteiger partial charge in [-0.15, -0.1) is 0 Å². The normalized spacial score (nSPS) is 20.5. The molecule has 5 heteroatoms. The molecule has 2 aliphatic heterocycles. The van der Waals surface area contributed by atoms with Crippen molar-refractivity contribution in [2.45, 2.75) is 18.7 Å². The summed E-state index contributed by atoms with van der Waals surface area (Å²) in [6.45, 7) is 0. The van der Waals surface area contributed by atoms with Crippen LogP contribution in [0.15, 0.2) is 77.9 Å². The quantitative estimate of drug-likeness (QED) is 0.661. The third-order valence-corrected chi connectivity index (χ3v) is 5.33. The number of halogens is 1. The number of ether oxygens (including phenoxy) is 1. The van der Waals surface area contributed by atoms with E-state index >= 15 is 0 Å². The van der Waals surface area contributed by atoms with Crippen molar-refractivity contribution in [2.75, 3.05) is 0 Å². The van der Waals surface area contributed by atoms with E-state index in [1.54, 1.807) is 12.1 Å². The summed E-state index contributed by atoms with van der Waals surface area (Å²) in [4.78, 5) is 0. The predicted molar refractivity (Wildman–Crippen MR) is 105 cm³/mol. The molecule has 0 saturated heterocycles. The number of phenolic OH excluding ortho intramolecular Hbond substituents is 1. The predicted octanol–water partition coefficient (Wildman–Crippen LogP) is 5.29. The molecule has 0 radical (unpaired) electrons. The first kappa shape index (κ1) is 16.2. The minimum Gasteiger partial charge on any atom is -0.507 e. The summed E-state index contributed by atoms with van der Waals surface area (Å²) in [6.07, 6.45) is 0.294. The lowest BCUT2D eigenvalue weighted by Gasteiger charge is -2.38. The maximum absolute atomic E-state index is 10.4. The van der Waals surface area contributed by atoms with Crippen molar-refractivity contribution >= 4 is 17.3 Å². The molecule has 0 saturated carbocycles. The van der Waals surface area contributed by atoms with E-state index in [0.717, 1.165) is 29.0 Å². The molecule has 0 aliphatic carbocycles. The van der Waals surface area contributed by atoms with Gasteiger partial charge in [0.25, 0.3) is 0 Å². The van der Waals surface area contributed by atoms with Crippen LogP contribution >= 0.6 is 11.6 Å². The van der Waals surface area contributed by atoms with Crippen molar-refractivity contribution < 1.29 is 9.84 Å². The van der Waals surface area contributed by atoms with Crippen LogP contribution in [0, 0.1) is 0 Å². The van der Waals surface area contributed by atoms with Crippen LogP contribution in [0.2, 0.25) is 5.02 Å². The Hall–Kier alpha value is -2.98. The van der Waals surface area contributed by atoms with E-state index in [1.165, 1.54) is 0 Å². The standard InChI is InChI=1S/C22H17ClN2O2/c23-15-11-9-14(10-12-15)18-13-19-16-5-2-4-8-21(16)27-22(25(19)24-18)17-6-1-3-7-20(17)26/h1-12,19,22,26H,13H2/t19-,22-/m0/s1. The highest BCUT2D eigenvalue weighted by Crippen LogP contribution is 2.48. The molecule has 4 nitrogen and oxygen atoms in total. The van der Waals surface area contributed by atoms with Gasteiger partial charge in [0.2, 0.25) is 6.23 Å². The van der Waals surface area contributed by atoms with Gasteiger partial charge < -0.3 is 9.84 Å². The van der Waals surface area contributed by atoms with Crippen LogP contribution in [0.5, 0.6) is 11.5 Å². The fraction of sp³-hybridized carbons (Fsp3) is 0.136. The van der Waals surface area contributed by atoms with Gasteiger partial charge in [0, 0.05) is 17.0 Å². The third kappa shape index (κ3) is 2.73. The number of fused-ring (bicyclic) bond motifs is 3. The number of aromatic hydroxyl groups is 1. The minimum atomic E-state index is -0.476. The van der Waals surface area contributed by atoms with E-state index in [2.05, 4.69) is 6.07 Å². The first-order chi connectivity index (χ1) is 13.2.